The summed E-state index contributed by atoms with van der Waals surface area (Å²) in [5.74, 6) is -3.14. The molecule has 0 spiro atoms. The van der Waals surface area contributed by atoms with Crippen molar-refractivity contribution in [2.24, 2.45) is 5.92 Å². The zero-order valence-electron chi connectivity index (χ0n) is 18.5. The average molecular weight is 494 g/mol. The summed E-state index contributed by atoms with van der Waals surface area (Å²) in [6, 6.07) is 19.4. The molecule has 35 heavy (non-hydrogen) atoms. The number of anilines is 1. The van der Waals surface area contributed by atoms with E-state index in [1.807, 2.05) is 36.4 Å². The monoisotopic (exact) mass is 493 g/mol. The Kier molecular flexibility index (Phi) is 6.17. The third-order valence-corrected chi connectivity index (χ3v) is 7.34. The molecule has 0 aliphatic carbocycles. The highest BCUT2D eigenvalue weighted by Crippen LogP contribution is 2.30. The number of halogens is 2. The molecule has 0 radical (unpaired) electrons. The van der Waals surface area contributed by atoms with Crippen molar-refractivity contribution in [2.45, 2.75) is 17.9 Å². The van der Waals surface area contributed by atoms with Crippen molar-refractivity contribution in [3.8, 4) is 0 Å². The maximum atomic E-state index is 13.4. The van der Waals surface area contributed by atoms with Gasteiger partial charge in [0.1, 0.15) is 17.6 Å². The first-order valence-corrected chi connectivity index (χ1v) is 12.1. The van der Waals surface area contributed by atoms with Gasteiger partial charge in [-0.15, -0.1) is 0 Å². The number of benzene rings is 3. The Balaban J connectivity index is 1.29. The van der Waals surface area contributed by atoms with Crippen LogP contribution in [0, 0.1) is 17.6 Å². The number of nitrogens with zero attached hydrogens (tertiary/aromatic N) is 2. The highest BCUT2D eigenvalue weighted by molar-refractivity contribution is 7.83. The van der Waals surface area contributed by atoms with E-state index >= 15 is 0 Å². The molecule has 1 saturated heterocycles. The van der Waals surface area contributed by atoms with Gasteiger partial charge in [-0.25, -0.2) is 13.0 Å². The van der Waals surface area contributed by atoms with E-state index in [4.69, 9.17) is 0 Å². The number of nitrogens with one attached hydrogen (secondary N) is 1. The van der Waals surface area contributed by atoms with E-state index in [0.29, 0.717) is 23.5 Å². The summed E-state index contributed by atoms with van der Waals surface area (Å²) in [6.07, 6.45) is 2.08. The Morgan fingerprint density at radius 2 is 1.74 bits per heavy atom. The van der Waals surface area contributed by atoms with E-state index in [9.17, 15) is 22.6 Å². The molecular weight excluding hydrogens is 472 g/mol. The van der Waals surface area contributed by atoms with Crippen molar-refractivity contribution in [1.29, 1.82) is 0 Å². The summed E-state index contributed by atoms with van der Waals surface area (Å²) in [4.78, 5) is 27.8. The molecule has 9 heteroatoms. The minimum Gasteiger partial charge on any atom is -0.351 e. The molecule has 2 amide bonds. The van der Waals surface area contributed by atoms with E-state index < -0.39 is 34.4 Å². The number of rotatable bonds is 6. The van der Waals surface area contributed by atoms with Gasteiger partial charge in [-0.3, -0.25) is 13.6 Å². The van der Waals surface area contributed by atoms with Crippen LogP contribution in [0.5, 0.6) is 0 Å². The van der Waals surface area contributed by atoms with Crippen molar-refractivity contribution >= 4 is 39.4 Å². The molecule has 1 N–H and O–H groups in total. The Bertz CT molecular complexity index is 1430. The van der Waals surface area contributed by atoms with Crippen molar-refractivity contribution in [2.75, 3.05) is 11.4 Å². The zero-order chi connectivity index (χ0) is 24.5. The molecule has 4 aromatic rings. The van der Waals surface area contributed by atoms with Crippen LogP contribution in [0.15, 0.2) is 83.9 Å². The second-order valence-corrected chi connectivity index (χ2v) is 9.64. The largest absolute Gasteiger partial charge is 0.351 e. The number of hydrogen-bond donors (Lipinski definition) is 1. The van der Waals surface area contributed by atoms with Crippen LogP contribution < -0.4 is 10.2 Å². The highest BCUT2D eigenvalue weighted by atomic mass is 32.2. The molecule has 3 aromatic carbocycles. The quantitative estimate of drug-likeness (QED) is 0.410. The van der Waals surface area contributed by atoms with Gasteiger partial charge in [0, 0.05) is 36.4 Å². The first-order chi connectivity index (χ1) is 16.9. The molecule has 1 fully saturated rings. The molecule has 2 heterocycles. The summed E-state index contributed by atoms with van der Waals surface area (Å²) < 4.78 is 41.4. The van der Waals surface area contributed by atoms with Crippen LogP contribution in [-0.4, -0.2) is 26.5 Å². The average Bonchev–Trinajstić information content (AvgIpc) is 3.45. The lowest BCUT2D eigenvalue weighted by Crippen LogP contribution is -2.36. The number of carbonyl (C=O) groups is 2. The van der Waals surface area contributed by atoms with Crippen LogP contribution in [0.4, 0.5) is 14.5 Å². The van der Waals surface area contributed by atoms with Crippen molar-refractivity contribution in [3.63, 3.8) is 0 Å². The van der Waals surface area contributed by atoms with Gasteiger partial charge in [0.2, 0.25) is 11.8 Å². The molecule has 1 aliphatic rings. The van der Waals surface area contributed by atoms with Crippen molar-refractivity contribution in [1.82, 2.24) is 9.29 Å². The predicted octanol–water partition coefficient (Wildman–Crippen LogP) is 4.16. The van der Waals surface area contributed by atoms with Crippen molar-refractivity contribution in [3.05, 3.63) is 96.2 Å². The summed E-state index contributed by atoms with van der Waals surface area (Å²) in [5, 5.41) is 3.42. The zero-order valence-corrected chi connectivity index (χ0v) is 19.3. The number of aromatic nitrogens is 1. The molecule has 2 atom stereocenters. The SMILES string of the molecule is O=C(NCc1cc(F)cc(F)c1)C1CCN(c2ccc3c(ccn3S(=O)c3ccccc3)c2)C1=O. The molecule has 1 aromatic heterocycles. The van der Waals surface area contributed by atoms with E-state index in [-0.39, 0.29) is 18.0 Å². The summed E-state index contributed by atoms with van der Waals surface area (Å²) >= 11 is 0. The topological polar surface area (TPSA) is 71.4 Å². The fourth-order valence-electron chi connectivity index (χ4n) is 4.27. The van der Waals surface area contributed by atoms with E-state index in [1.54, 1.807) is 33.3 Å². The molecular formula is C26H21F2N3O3S. The van der Waals surface area contributed by atoms with Crippen LogP contribution in [0.2, 0.25) is 0 Å². The molecule has 178 valence electrons. The molecule has 1 aliphatic heterocycles. The van der Waals surface area contributed by atoms with E-state index in [0.717, 1.165) is 29.1 Å². The Morgan fingerprint density at radius 1 is 1.00 bits per heavy atom. The van der Waals surface area contributed by atoms with Gasteiger partial charge in [-0.2, -0.15) is 0 Å². The third-order valence-electron chi connectivity index (χ3n) is 5.98. The number of amides is 2. The summed E-state index contributed by atoms with van der Waals surface area (Å²) in [6.45, 7) is 0.295. The van der Waals surface area contributed by atoms with Gasteiger partial charge in [0.05, 0.1) is 10.4 Å². The number of hydrogen-bond acceptors (Lipinski definition) is 3. The number of carbonyl (C=O) groups excluding carboxylic acids is 2. The lowest BCUT2D eigenvalue weighted by molar-refractivity contribution is -0.132. The fraction of sp³-hybridized carbons (Fsp3) is 0.154. The van der Waals surface area contributed by atoms with Crippen LogP contribution in [0.1, 0.15) is 12.0 Å². The summed E-state index contributed by atoms with van der Waals surface area (Å²) in [5.41, 5.74) is 1.69. The second-order valence-electron chi connectivity index (χ2n) is 8.27. The van der Waals surface area contributed by atoms with Crippen LogP contribution in [0.25, 0.3) is 10.9 Å². The van der Waals surface area contributed by atoms with Gasteiger partial charge in [-0.1, -0.05) is 18.2 Å². The minimum absolute atomic E-state index is 0.0741. The minimum atomic E-state index is -1.40. The Morgan fingerprint density at radius 3 is 2.49 bits per heavy atom. The Hall–Kier alpha value is -3.85. The van der Waals surface area contributed by atoms with Gasteiger partial charge < -0.3 is 10.2 Å². The molecule has 0 bridgehead atoms. The van der Waals surface area contributed by atoms with E-state index in [1.165, 1.54) is 0 Å². The molecule has 6 nitrogen and oxygen atoms in total. The Labute approximate surface area is 202 Å². The molecule has 2 unspecified atom stereocenters. The van der Waals surface area contributed by atoms with Crippen LogP contribution in [0.3, 0.4) is 0 Å². The van der Waals surface area contributed by atoms with Gasteiger partial charge in [0.25, 0.3) is 0 Å². The molecule has 5 rings (SSSR count). The highest BCUT2D eigenvalue weighted by Gasteiger charge is 2.37. The first-order valence-electron chi connectivity index (χ1n) is 11.0. The second kappa shape index (κ2) is 9.42. The van der Waals surface area contributed by atoms with E-state index in [2.05, 4.69) is 5.32 Å². The van der Waals surface area contributed by atoms with Gasteiger partial charge in [-0.05, 0) is 60.5 Å². The lowest BCUT2D eigenvalue weighted by atomic mass is 10.1. The maximum absolute atomic E-state index is 13.4. The van der Waals surface area contributed by atoms with Crippen LogP contribution in [-0.2, 0) is 27.1 Å². The van der Waals surface area contributed by atoms with Crippen LogP contribution >= 0.6 is 0 Å². The first kappa shape index (κ1) is 22.9. The third kappa shape index (κ3) is 4.59. The maximum Gasteiger partial charge on any atom is 0.239 e. The summed E-state index contributed by atoms with van der Waals surface area (Å²) in [7, 11) is -1.40. The predicted molar refractivity (Wildman–Crippen MR) is 129 cm³/mol. The van der Waals surface area contributed by atoms with Gasteiger partial charge in [0.15, 0.2) is 11.0 Å². The van der Waals surface area contributed by atoms with Gasteiger partial charge >= 0.3 is 0 Å². The standard InChI is InChI=1S/C26H21F2N3O3S/c27-19-12-17(13-20(28)15-19)16-29-25(32)23-9-10-30(26(23)33)21-6-7-24-18(14-21)8-11-31(24)35(34)22-4-2-1-3-5-22/h1-8,11-15,23H,9-10,16H2,(H,29,32). The smallest absolute Gasteiger partial charge is 0.239 e. The fourth-order valence-corrected chi connectivity index (χ4v) is 5.41. The van der Waals surface area contributed by atoms with Crippen molar-refractivity contribution < 1.29 is 22.6 Å². The lowest BCUT2D eigenvalue weighted by Gasteiger charge is -2.17. The molecule has 0 saturated carbocycles. The normalized spacial score (nSPS) is 16.6. The number of fused-ring (bicyclic) bond motifs is 1.